The zero-order chi connectivity index (χ0) is 18.8. The van der Waals surface area contributed by atoms with Gasteiger partial charge in [0.15, 0.2) is 5.78 Å². The summed E-state index contributed by atoms with van der Waals surface area (Å²) >= 11 is 0. The van der Waals surface area contributed by atoms with Crippen molar-refractivity contribution in [3.63, 3.8) is 0 Å². The molecule has 0 amide bonds. The lowest BCUT2D eigenvalue weighted by Gasteiger charge is -2.06. The van der Waals surface area contributed by atoms with Gasteiger partial charge in [0, 0.05) is 24.2 Å². The number of hydrogen-bond donors (Lipinski definition) is 0. The summed E-state index contributed by atoms with van der Waals surface area (Å²) in [6, 6.07) is 2.08. The van der Waals surface area contributed by atoms with E-state index in [2.05, 4.69) is 6.07 Å². The van der Waals surface area contributed by atoms with E-state index in [-0.39, 0.29) is 29.3 Å². The number of Topliss-reactive ketones (excluding diaryl/α,β-unsaturated/α-hetero) is 3. The van der Waals surface area contributed by atoms with Gasteiger partial charge in [-0.3, -0.25) is 14.4 Å². The predicted molar refractivity (Wildman–Crippen MR) is 92.8 cm³/mol. The number of nitrogens with zero attached hydrogens (tertiary/aromatic N) is 1. The average Bonchev–Trinajstić information content (AvgIpc) is 3.27. The lowest BCUT2D eigenvalue weighted by Crippen LogP contribution is -2.19. The van der Waals surface area contributed by atoms with Crippen LogP contribution in [-0.4, -0.2) is 17.3 Å². The summed E-state index contributed by atoms with van der Waals surface area (Å²) in [5.41, 5.74) is -0.561. The van der Waals surface area contributed by atoms with Crippen LogP contribution in [0.1, 0.15) is 74.7 Å². The largest absolute Gasteiger partial charge is 0.300 e. The second kappa shape index (κ2) is 11.1. The summed E-state index contributed by atoms with van der Waals surface area (Å²) in [5.74, 6) is 1.18. The van der Waals surface area contributed by atoms with Gasteiger partial charge in [0.05, 0.1) is 6.07 Å². The van der Waals surface area contributed by atoms with Crippen LogP contribution in [-0.2, 0) is 14.4 Å². The van der Waals surface area contributed by atoms with Crippen LogP contribution in [0.3, 0.4) is 0 Å². The summed E-state index contributed by atoms with van der Waals surface area (Å²) in [6.07, 6.45) is 2.23. The van der Waals surface area contributed by atoms with Crippen molar-refractivity contribution in [3.05, 3.63) is 0 Å². The molecule has 0 aliphatic heterocycles. The van der Waals surface area contributed by atoms with E-state index in [1.54, 1.807) is 6.92 Å². The van der Waals surface area contributed by atoms with Gasteiger partial charge < -0.3 is 0 Å². The fraction of sp³-hybridized carbons (Fsp3) is 0.789. The van der Waals surface area contributed by atoms with Crippen molar-refractivity contribution >= 4 is 17.3 Å². The molecule has 0 bridgehead atoms. The van der Waals surface area contributed by atoms with Gasteiger partial charge in [-0.15, -0.1) is 0 Å². The molecule has 23 heavy (non-hydrogen) atoms. The van der Waals surface area contributed by atoms with E-state index in [4.69, 9.17) is 5.26 Å². The van der Waals surface area contributed by atoms with E-state index >= 15 is 0 Å². The molecule has 0 N–H and O–H groups in total. The average molecular weight is 323 g/mol. The van der Waals surface area contributed by atoms with Crippen LogP contribution < -0.4 is 0 Å². The molecule has 0 atom stereocenters. The number of rotatable bonds is 5. The van der Waals surface area contributed by atoms with E-state index in [1.807, 2.05) is 48.5 Å². The first-order valence-corrected chi connectivity index (χ1v) is 8.43. The van der Waals surface area contributed by atoms with Crippen molar-refractivity contribution in [1.82, 2.24) is 0 Å². The third kappa shape index (κ3) is 9.99. The quantitative estimate of drug-likeness (QED) is 0.753. The summed E-state index contributed by atoms with van der Waals surface area (Å²) in [6.45, 7) is 14.8. The summed E-state index contributed by atoms with van der Waals surface area (Å²) in [5, 5.41) is 8.60. The molecule has 1 fully saturated rings. The van der Waals surface area contributed by atoms with Gasteiger partial charge in [0.2, 0.25) is 0 Å². The fourth-order valence-electron chi connectivity index (χ4n) is 1.50. The van der Waals surface area contributed by atoms with E-state index in [0.717, 1.165) is 12.8 Å². The van der Waals surface area contributed by atoms with Crippen LogP contribution in [0.5, 0.6) is 0 Å². The molecule has 1 aliphatic rings. The topological polar surface area (TPSA) is 75.0 Å². The lowest BCUT2D eigenvalue weighted by molar-refractivity contribution is -0.125. The lowest BCUT2D eigenvalue weighted by atomic mass is 9.94. The highest BCUT2D eigenvalue weighted by Gasteiger charge is 2.50. The van der Waals surface area contributed by atoms with Crippen molar-refractivity contribution < 1.29 is 14.4 Å². The Morgan fingerprint density at radius 1 is 0.957 bits per heavy atom. The smallest absolute Gasteiger partial charge is 0.155 e. The molecule has 0 aromatic heterocycles. The van der Waals surface area contributed by atoms with Gasteiger partial charge in [-0.2, -0.15) is 5.26 Å². The van der Waals surface area contributed by atoms with Gasteiger partial charge in [-0.1, -0.05) is 48.5 Å². The molecule has 4 heteroatoms. The number of nitriles is 1. The fourth-order valence-corrected chi connectivity index (χ4v) is 1.50. The van der Waals surface area contributed by atoms with Gasteiger partial charge in [0.25, 0.3) is 0 Å². The Balaban J connectivity index is 0. The molecular formula is C19H33NO3. The summed E-state index contributed by atoms with van der Waals surface area (Å²) in [4.78, 5) is 31.9. The predicted octanol–water partition coefficient (Wildman–Crippen LogP) is 4.37. The Bertz CT molecular complexity index is 438. The summed E-state index contributed by atoms with van der Waals surface area (Å²) < 4.78 is 0. The molecule has 0 aromatic carbocycles. The van der Waals surface area contributed by atoms with Crippen molar-refractivity contribution in [2.75, 3.05) is 0 Å². The molecule has 0 spiro atoms. The van der Waals surface area contributed by atoms with Crippen LogP contribution in [0.4, 0.5) is 0 Å². The third-order valence-corrected chi connectivity index (χ3v) is 3.77. The van der Waals surface area contributed by atoms with Crippen molar-refractivity contribution in [1.29, 1.82) is 5.26 Å². The highest BCUT2D eigenvalue weighted by molar-refractivity contribution is 5.91. The monoisotopic (exact) mass is 323 g/mol. The Morgan fingerprint density at radius 2 is 1.35 bits per heavy atom. The van der Waals surface area contributed by atoms with Crippen molar-refractivity contribution in [2.45, 2.75) is 74.7 Å². The molecule has 0 heterocycles. The molecule has 132 valence electrons. The molecule has 0 radical (unpaired) electrons. The van der Waals surface area contributed by atoms with Gasteiger partial charge in [-0.25, -0.2) is 0 Å². The number of hydrogen-bond acceptors (Lipinski definition) is 4. The highest BCUT2D eigenvalue weighted by atomic mass is 16.1. The normalized spacial score (nSPS) is 14.2. The van der Waals surface area contributed by atoms with Crippen LogP contribution in [0.2, 0.25) is 0 Å². The first kappa shape index (κ1) is 23.8. The minimum Gasteiger partial charge on any atom is -0.300 e. The highest BCUT2D eigenvalue weighted by Crippen LogP contribution is 2.47. The molecular weight excluding hydrogens is 290 g/mol. The molecule has 0 unspecified atom stereocenters. The van der Waals surface area contributed by atoms with Crippen molar-refractivity contribution in [2.24, 2.45) is 23.2 Å². The van der Waals surface area contributed by atoms with E-state index in [0.29, 0.717) is 12.2 Å². The van der Waals surface area contributed by atoms with Crippen LogP contribution >= 0.6 is 0 Å². The first-order valence-electron chi connectivity index (χ1n) is 8.43. The standard InChI is InChI=1S/C8H11NO.C6H12O.C5H10O/c1-6(2)7(10)8(5-9)3-4-8;1-4-6(7)5(2)3;1-4(2)5(3)6/h6H,3-4H2,1-2H3;5H,4H2,1-3H3;4H,1-3H3. The molecule has 1 aliphatic carbocycles. The number of ketones is 3. The van der Waals surface area contributed by atoms with Crippen molar-refractivity contribution in [3.8, 4) is 6.07 Å². The van der Waals surface area contributed by atoms with Crippen LogP contribution in [0, 0.1) is 34.5 Å². The maximum atomic E-state index is 11.2. The minimum atomic E-state index is -0.561. The number of carbonyl (C=O) groups is 3. The minimum absolute atomic E-state index is 0.0159. The Morgan fingerprint density at radius 3 is 1.39 bits per heavy atom. The second-order valence-corrected chi connectivity index (χ2v) is 6.95. The maximum Gasteiger partial charge on any atom is 0.155 e. The van der Waals surface area contributed by atoms with E-state index in [9.17, 15) is 14.4 Å². The van der Waals surface area contributed by atoms with Crippen LogP contribution in [0.15, 0.2) is 0 Å². The zero-order valence-corrected chi connectivity index (χ0v) is 16.0. The molecule has 1 saturated carbocycles. The number of carbonyl (C=O) groups excluding carboxylic acids is 3. The van der Waals surface area contributed by atoms with Gasteiger partial charge in [0.1, 0.15) is 17.0 Å². The Hall–Kier alpha value is -1.50. The molecule has 1 rings (SSSR count). The summed E-state index contributed by atoms with van der Waals surface area (Å²) in [7, 11) is 0. The second-order valence-electron chi connectivity index (χ2n) is 6.95. The van der Waals surface area contributed by atoms with Crippen LogP contribution in [0.25, 0.3) is 0 Å². The van der Waals surface area contributed by atoms with Gasteiger partial charge in [-0.05, 0) is 19.8 Å². The zero-order valence-electron chi connectivity index (χ0n) is 16.0. The molecule has 0 saturated heterocycles. The Labute approximate surface area is 141 Å². The third-order valence-electron chi connectivity index (χ3n) is 3.77. The van der Waals surface area contributed by atoms with E-state index in [1.165, 1.54) is 0 Å². The first-order chi connectivity index (χ1) is 10.4. The molecule has 0 aromatic rings. The maximum absolute atomic E-state index is 11.2. The Kier molecular flexibility index (Phi) is 11.5. The SMILES string of the molecule is CC(=O)C(C)C.CC(C)C(=O)C1(C#N)CC1.CCC(=O)C(C)C. The molecule has 4 nitrogen and oxygen atoms in total. The van der Waals surface area contributed by atoms with Gasteiger partial charge >= 0.3 is 0 Å². The van der Waals surface area contributed by atoms with E-state index < -0.39 is 5.41 Å².